The van der Waals surface area contributed by atoms with Gasteiger partial charge in [0.25, 0.3) is 5.91 Å². The summed E-state index contributed by atoms with van der Waals surface area (Å²) >= 11 is 0. The Morgan fingerprint density at radius 3 is 2.88 bits per heavy atom. The number of benzene rings is 1. The molecule has 2 aromatic rings. The zero-order valence-corrected chi connectivity index (χ0v) is 13.9. The molecule has 0 aliphatic heterocycles. The zero-order valence-electron chi connectivity index (χ0n) is 13.9. The maximum Gasteiger partial charge on any atom is 0.251 e. The van der Waals surface area contributed by atoms with E-state index in [1.54, 1.807) is 0 Å². The molecule has 0 aliphatic carbocycles. The van der Waals surface area contributed by atoms with Crippen LogP contribution in [0.15, 0.2) is 18.2 Å². The molecular weight excluding hydrogens is 313 g/mol. The minimum absolute atomic E-state index is 0.0484. The summed E-state index contributed by atoms with van der Waals surface area (Å²) in [7, 11) is 0. The second-order valence-electron chi connectivity index (χ2n) is 5.49. The summed E-state index contributed by atoms with van der Waals surface area (Å²) in [5.41, 5.74) is 3.43. The lowest BCUT2D eigenvalue weighted by atomic mass is 10.1. The quantitative estimate of drug-likeness (QED) is 0.643. The minimum atomic E-state index is -0.510. The maximum atomic E-state index is 13.8. The third-order valence-electron chi connectivity index (χ3n) is 3.70. The third kappa shape index (κ3) is 4.55. The van der Waals surface area contributed by atoms with Gasteiger partial charge in [-0.15, -0.1) is 0 Å². The summed E-state index contributed by atoms with van der Waals surface area (Å²) < 4.78 is 19.3. The molecule has 1 heterocycles. The van der Waals surface area contributed by atoms with Gasteiger partial charge in [-0.05, 0) is 50.5 Å². The average Bonchev–Trinajstić information content (AvgIpc) is 2.89. The van der Waals surface area contributed by atoms with Gasteiger partial charge in [0.15, 0.2) is 11.6 Å². The zero-order chi connectivity index (χ0) is 17.5. The van der Waals surface area contributed by atoms with E-state index in [2.05, 4.69) is 15.5 Å². The molecule has 6 nitrogen and oxygen atoms in total. The van der Waals surface area contributed by atoms with Crippen molar-refractivity contribution in [1.29, 1.82) is 0 Å². The number of rotatable bonds is 8. The van der Waals surface area contributed by atoms with Crippen molar-refractivity contribution in [3.05, 3.63) is 46.5 Å². The molecule has 1 aromatic heterocycles. The molecule has 0 spiro atoms. The summed E-state index contributed by atoms with van der Waals surface area (Å²) in [6, 6.07) is 3.96. The van der Waals surface area contributed by atoms with Crippen molar-refractivity contribution in [2.24, 2.45) is 0 Å². The molecule has 7 heteroatoms. The molecule has 1 amide bonds. The monoisotopic (exact) mass is 335 g/mol. The van der Waals surface area contributed by atoms with Crippen LogP contribution >= 0.6 is 0 Å². The fraction of sp³-hybridized carbons (Fsp3) is 0.412. The first-order chi connectivity index (χ1) is 11.5. The Balaban J connectivity index is 1.91. The molecule has 0 atom stereocenters. The lowest BCUT2D eigenvalue weighted by Gasteiger charge is -2.09. The normalized spacial score (nSPS) is 10.7. The fourth-order valence-corrected chi connectivity index (χ4v) is 2.40. The molecular formula is C17H22FN3O3. The van der Waals surface area contributed by atoms with Crippen LogP contribution in [0.4, 0.5) is 4.39 Å². The van der Waals surface area contributed by atoms with E-state index in [0.717, 1.165) is 23.4 Å². The number of hydrogen-bond donors (Lipinski definition) is 3. The molecule has 130 valence electrons. The van der Waals surface area contributed by atoms with Crippen molar-refractivity contribution in [2.45, 2.75) is 26.7 Å². The van der Waals surface area contributed by atoms with E-state index in [9.17, 15) is 9.18 Å². The van der Waals surface area contributed by atoms with E-state index in [-0.39, 0.29) is 24.8 Å². The Morgan fingerprint density at radius 2 is 2.21 bits per heavy atom. The standard InChI is InChI=1S/C17H22FN3O3/c1-11-14(12(2)21-20-11)4-3-9-24-16-10-13(5-6-15(16)18)17(23)19-7-8-22/h5-6,10,22H,3-4,7-9H2,1-2H3,(H,19,23)(H,20,21). The van der Waals surface area contributed by atoms with E-state index < -0.39 is 5.82 Å². The van der Waals surface area contributed by atoms with Gasteiger partial charge in [0, 0.05) is 17.8 Å². The number of H-pyrrole nitrogens is 1. The van der Waals surface area contributed by atoms with Gasteiger partial charge in [-0.25, -0.2) is 4.39 Å². The largest absolute Gasteiger partial charge is 0.490 e. The molecule has 0 saturated carbocycles. The van der Waals surface area contributed by atoms with Crippen LogP contribution in [0, 0.1) is 19.7 Å². The number of nitrogens with one attached hydrogen (secondary N) is 2. The highest BCUT2D eigenvalue weighted by molar-refractivity contribution is 5.94. The van der Waals surface area contributed by atoms with Crippen LogP contribution in [-0.4, -0.2) is 41.0 Å². The summed E-state index contributed by atoms with van der Waals surface area (Å²) in [4.78, 5) is 11.8. The summed E-state index contributed by atoms with van der Waals surface area (Å²) in [6.45, 7) is 4.24. The van der Waals surface area contributed by atoms with Crippen LogP contribution in [-0.2, 0) is 6.42 Å². The number of carbonyl (C=O) groups excluding carboxylic acids is 1. The molecule has 0 aliphatic rings. The smallest absolute Gasteiger partial charge is 0.251 e. The molecule has 3 N–H and O–H groups in total. The number of aliphatic hydroxyl groups excluding tert-OH is 1. The average molecular weight is 335 g/mol. The Bertz CT molecular complexity index is 681. The number of hydrogen-bond acceptors (Lipinski definition) is 4. The number of aryl methyl sites for hydroxylation is 2. The number of nitrogens with zero attached hydrogens (tertiary/aromatic N) is 1. The van der Waals surface area contributed by atoms with E-state index in [4.69, 9.17) is 9.84 Å². The van der Waals surface area contributed by atoms with Crippen molar-refractivity contribution in [3.8, 4) is 5.75 Å². The van der Waals surface area contributed by atoms with E-state index in [1.165, 1.54) is 18.2 Å². The van der Waals surface area contributed by atoms with Crippen LogP contribution < -0.4 is 10.1 Å². The van der Waals surface area contributed by atoms with Crippen LogP contribution in [0.1, 0.15) is 33.7 Å². The van der Waals surface area contributed by atoms with Crippen molar-refractivity contribution < 1.29 is 19.0 Å². The van der Waals surface area contributed by atoms with Crippen LogP contribution in [0.25, 0.3) is 0 Å². The fourth-order valence-electron chi connectivity index (χ4n) is 2.40. The number of halogens is 1. The maximum absolute atomic E-state index is 13.8. The molecule has 0 unspecified atom stereocenters. The molecule has 0 bridgehead atoms. The lowest BCUT2D eigenvalue weighted by Crippen LogP contribution is -2.26. The summed E-state index contributed by atoms with van der Waals surface area (Å²) in [6.07, 6.45) is 1.49. The number of ether oxygens (including phenoxy) is 1. The first-order valence-electron chi connectivity index (χ1n) is 7.84. The van der Waals surface area contributed by atoms with Gasteiger partial charge < -0.3 is 15.2 Å². The number of carbonyl (C=O) groups is 1. The highest BCUT2D eigenvalue weighted by Crippen LogP contribution is 2.20. The summed E-state index contributed by atoms with van der Waals surface area (Å²) in [5.74, 6) is -0.838. The van der Waals surface area contributed by atoms with Crippen molar-refractivity contribution in [1.82, 2.24) is 15.5 Å². The highest BCUT2D eigenvalue weighted by Gasteiger charge is 2.11. The van der Waals surface area contributed by atoms with Gasteiger partial charge in [-0.1, -0.05) is 0 Å². The van der Waals surface area contributed by atoms with E-state index >= 15 is 0 Å². The van der Waals surface area contributed by atoms with Crippen molar-refractivity contribution >= 4 is 5.91 Å². The predicted octanol–water partition coefficient (Wildman–Crippen LogP) is 1.90. The summed E-state index contributed by atoms with van der Waals surface area (Å²) in [5, 5.41) is 18.3. The van der Waals surface area contributed by atoms with E-state index in [1.807, 2.05) is 13.8 Å². The van der Waals surface area contributed by atoms with Crippen molar-refractivity contribution in [3.63, 3.8) is 0 Å². The lowest BCUT2D eigenvalue weighted by molar-refractivity contribution is 0.0944. The van der Waals surface area contributed by atoms with Crippen LogP contribution in [0.3, 0.4) is 0 Å². The van der Waals surface area contributed by atoms with Gasteiger partial charge in [0.2, 0.25) is 0 Å². The van der Waals surface area contributed by atoms with Gasteiger partial charge in [0.1, 0.15) is 0 Å². The number of aliphatic hydroxyl groups is 1. The number of aromatic nitrogens is 2. The SMILES string of the molecule is Cc1n[nH]c(C)c1CCCOc1cc(C(=O)NCCO)ccc1F. The van der Waals surface area contributed by atoms with Gasteiger partial charge in [-0.2, -0.15) is 5.10 Å². The van der Waals surface area contributed by atoms with Crippen molar-refractivity contribution in [2.75, 3.05) is 19.8 Å². The molecule has 0 radical (unpaired) electrons. The predicted molar refractivity (Wildman–Crippen MR) is 87.7 cm³/mol. The first-order valence-corrected chi connectivity index (χ1v) is 7.84. The first kappa shape index (κ1) is 17.9. The Hall–Kier alpha value is -2.41. The molecule has 24 heavy (non-hydrogen) atoms. The molecule has 0 saturated heterocycles. The second kappa shape index (κ2) is 8.44. The Labute approximate surface area is 140 Å². The Kier molecular flexibility index (Phi) is 6.31. The third-order valence-corrected chi connectivity index (χ3v) is 3.70. The van der Waals surface area contributed by atoms with Crippen LogP contribution in [0.2, 0.25) is 0 Å². The van der Waals surface area contributed by atoms with Crippen LogP contribution in [0.5, 0.6) is 5.75 Å². The minimum Gasteiger partial charge on any atom is -0.490 e. The Morgan fingerprint density at radius 1 is 1.42 bits per heavy atom. The molecule has 0 fully saturated rings. The number of amides is 1. The molecule has 1 aromatic carbocycles. The number of aromatic amines is 1. The van der Waals surface area contributed by atoms with E-state index in [0.29, 0.717) is 18.6 Å². The topological polar surface area (TPSA) is 87.2 Å². The second-order valence-corrected chi connectivity index (χ2v) is 5.49. The van der Waals surface area contributed by atoms with Gasteiger partial charge >= 0.3 is 0 Å². The molecule has 2 rings (SSSR count). The van der Waals surface area contributed by atoms with Gasteiger partial charge in [0.05, 0.1) is 18.9 Å². The highest BCUT2D eigenvalue weighted by atomic mass is 19.1. The van der Waals surface area contributed by atoms with Gasteiger partial charge in [-0.3, -0.25) is 9.89 Å².